The summed E-state index contributed by atoms with van der Waals surface area (Å²) in [5.74, 6) is -0.216. The first-order valence-corrected chi connectivity index (χ1v) is 12.2. The van der Waals surface area contributed by atoms with Gasteiger partial charge in [-0.15, -0.1) is 0 Å². The van der Waals surface area contributed by atoms with Crippen LogP contribution in [-0.2, 0) is 11.3 Å². The van der Waals surface area contributed by atoms with Crippen LogP contribution in [0.1, 0.15) is 47.6 Å². The summed E-state index contributed by atoms with van der Waals surface area (Å²) in [6, 6.07) is 24.6. The predicted octanol–water partition coefficient (Wildman–Crippen LogP) is 6.44. The molecule has 0 saturated heterocycles. The molecule has 0 amide bonds. The van der Waals surface area contributed by atoms with Gasteiger partial charge in [-0.3, -0.25) is 4.79 Å². The van der Waals surface area contributed by atoms with Crippen LogP contribution in [0, 0.1) is 6.92 Å². The van der Waals surface area contributed by atoms with E-state index in [2.05, 4.69) is 0 Å². The first-order valence-electron chi connectivity index (χ1n) is 12.2. The molecule has 0 radical (unpaired) electrons. The van der Waals surface area contributed by atoms with Crippen molar-refractivity contribution >= 4 is 17.8 Å². The molecule has 0 fully saturated rings. The van der Waals surface area contributed by atoms with E-state index in [1.807, 2.05) is 96.6 Å². The monoisotopic (exact) mass is 494 g/mol. The standard InChI is InChI=1S/C31H30N2O4/c1-22-12-16-25(17-13-22)28(34)29-32-27(24-10-5-4-6-11-24)21-33(29)20-8-7-9-23-14-18-26(19-15-23)37-31(2,3)30(35)36/h4-7,9-19,21H,8,20H2,1-3H3,(H,35,36)/b9-7+. The number of allylic oxidation sites excluding steroid dienone is 1. The Bertz CT molecular complexity index is 1400. The van der Waals surface area contributed by atoms with Crippen molar-refractivity contribution in [1.29, 1.82) is 0 Å². The average molecular weight is 495 g/mol. The van der Waals surface area contributed by atoms with E-state index in [1.54, 1.807) is 12.1 Å². The van der Waals surface area contributed by atoms with E-state index >= 15 is 0 Å². The van der Waals surface area contributed by atoms with Crippen molar-refractivity contribution in [3.05, 3.63) is 114 Å². The van der Waals surface area contributed by atoms with Gasteiger partial charge in [0.2, 0.25) is 5.78 Å². The maximum Gasteiger partial charge on any atom is 0.347 e. The number of aromatic nitrogens is 2. The minimum absolute atomic E-state index is 0.106. The number of aryl methyl sites for hydroxylation is 2. The fraction of sp³-hybridized carbons (Fsp3) is 0.194. The number of nitrogens with zero attached hydrogens (tertiary/aromatic N) is 2. The van der Waals surface area contributed by atoms with Gasteiger partial charge in [0.15, 0.2) is 11.4 Å². The molecule has 0 aliphatic carbocycles. The Balaban J connectivity index is 1.48. The smallest absolute Gasteiger partial charge is 0.347 e. The Hall–Kier alpha value is -4.45. The van der Waals surface area contributed by atoms with Gasteiger partial charge in [0.1, 0.15) is 5.75 Å². The lowest BCUT2D eigenvalue weighted by Crippen LogP contribution is -2.37. The maximum absolute atomic E-state index is 13.3. The van der Waals surface area contributed by atoms with Crippen LogP contribution < -0.4 is 4.74 Å². The van der Waals surface area contributed by atoms with E-state index in [1.165, 1.54) is 13.8 Å². The molecule has 0 atom stereocenters. The number of ketones is 1. The molecule has 1 aromatic heterocycles. The quantitative estimate of drug-likeness (QED) is 0.257. The number of ether oxygens (including phenoxy) is 1. The molecule has 3 aromatic carbocycles. The van der Waals surface area contributed by atoms with Gasteiger partial charge in [0.05, 0.1) is 5.69 Å². The van der Waals surface area contributed by atoms with Crippen LogP contribution in [0.5, 0.6) is 5.75 Å². The Morgan fingerprint density at radius 2 is 1.65 bits per heavy atom. The molecule has 1 heterocycles. The van der Waals surface area contributed by atoms with Gasteiger partial charge < -0.3 is 14.4 Å². The lowest BCUT2D eigenvalue weighted by molar-refractivity contribution is -0.152. The number of carbonyl (C=O) groups excluding carboxylic acids is 1. The lowest BCUT2D eigenvalue weighted by atomic mass is 10.1. The van der Waals surface area contributed by atoms with Gasteiger partial charge in [0, 0.05) is 23.9 Å². The molecular formula is C31H30N2O4. The molecule has 0 unspecified atom stereocenters. The number of benzene rings is 3. The van der Waals surface area contributed by atoms with E-state index in [-0.39, 0.29) is 5.78 Å². The van der Waals surface area contributed by atoms with Crippen molar-refractivity contribution < 1.29 is 19.4 Å². The molecule has 0 aliphatic heterocycles. The maximum atomic E-state index is 13.3. The number of imidazole rings is 1. The van der Waals surface area contributed by atoms with Gasteiger partial charge in [-0.05, 0) is 44.9 Å². The molecule has 188 valence electrons. The van der Waals surface area contributed by atoms with Crippen LogP contribution in [0.4, 0.5) is 0 Å². The third-order valence-corrected chi connectivity index (χ3v) is 5.98. The van der Waals surface area contributed by atoms with Crippen LogP contribution >= 0.6 is 0 Å². The van der Waals surface area contributed by atoms with Crippen LogP contribution in [0.25, 0.3) is 17.3 Å². The fourth-order valence-electron chi connectivity index (χ4n) is 3.77. The molecule has 1 N–H and O–H groups in total. The number of hydrogen-bond acceptors (Lipinski definition) is 4. The largest absolute Gasteiger partial charge is 0.478 e. The molecule has 4 aromatic rings. The third kappa shape index (κ3) is 6.41. The zero-order chi connectivity index (χ0) is 26.4. The van der Waals surface area contributed by atoms with Crippen LogP contribution in [0.3, 0.4) is 0 Å². The number of hydrogen-bond donors (Lipinski definition) is 1. The molecule has 37 heavy (non-hydrogen) atoms. The number of carbonyl (C=O) groups is 2. The van der Waals surface area contributed by atoms with Crippen molar-refractivity contribution in [2.45, 2.75) is 39.3 Å². The average Bonchev–Trinajstić information content (AvgIpc) is 3.32. The van der Waals surface area contributed by atoms with Gasteiger partial charge in [0.25, 0.3) is 0 Å². The molecule has 4 rings (SSSR count). The Labute approximate surface area is 216 Å². The van der Waals surface area contributed by atoms with Crippen molar-refractivity contribution in [3.8, 4) is 17.0 Å². The molecule has 0 bridgehead atoms. The van der Waals surface area contributed by atoms with E-state index in [4.69, 9.17) is 9.72 Å². The highest BCUT2D eigenvalue weighted by atomic mass is 16.5. The molecule has 0 spiro atoms. The molecular weight excluding hydrogens is 464 g/mol. The summed E-state index contributed by atoms with van der Waals surface area (Å²) in [4.78, 5) is 29.3. The second-order valence-corrected chi connectivity index (χ2v) is 9.38. The molecule has 6 heteroatoms. The molecule has 0 saturated carbocycles. The Morgan fingerprint density at radius 1 is 0.973 bits per heavy atom. The summed E-state index contributed by atoms with van der Waals surface area (Å²) in [5.41, 5.74) is 3.10. The van der Waals surface area contributed by atoms with Crippen molar-refractivity contribution in [2.75, 3.05) is 0 Å². The van der Waals surface area contributed by atoms with Gasteiger partial charge in [-0.25, -0.2) is 9.78 Å². The Kier molecular flexibility index (Phi) is 7.68. The SMILES string of the molecule is Cc1ccc(C(=O)c2nc(-c3ccccc3)cn2CC/C=C/c2ccc(OC(C)(C)C(=O)O)cc2)cc1. The van der Waals surface area contributed by atoms with E-state index in [0.29, 0.717) is 30.1 Å². The minimum atomic E-state index is -1.30. The van der Waals surface area contributed by atoms with E-state index in [9.17, 15) is 14.7 Å². The topological polar surface area (TPSA) is 81.4 Å². The fourth-order valence-corrected chi connectivity index (χ4v) is 3.77. The second kappa shape index (κ2) is 11.1. The van der Waals surface area contributed by atoms with Gasteiger partial charge in [-0.2, -0.15) is 0 Å². The second-order valence-electron chi connectivity index (χ2n) is 9.38. The predicted molar refractivity (Wildman–Crippen MR) is 145 cm³/mol. The normalized spacial score (nSPS) is 11.5. The third-order valence-electron chi connectivity index (χ3n) is 5.98. The van der Waals surface area contributed by atoms with Crippen molar-refractivity contribution in [2.24, 2.45) is 0 Å². The highest BCUT2D eigenvalue weighted by molar-refractivity contribution is 6.07. The number of rotatable bonds is 10. The summed E-state index contributed by atoms with van der Waals surface area (Å²) in [6.07, 6.45) is 6.66. The minimum Gasteiger partial charge on any atom is -0.478 e. The lowest BCUT2D eigenvalue weighted by Gasteiger charge is -2.21. The van der Waals surface area contributed by atoms with E-state index in [0.717, 1.165) is 22.4 Å². The Morgan fingerprint density at radius 3 is 2.30 bits per heavy atom. The van der Waals surface area contributed by atoms with Gasteiger partial charge in [-0.1, -0.05) is 84.4 Å². The molecule has 0 aliphatic rings. The highest BCUT2D eigenvalue weighted by Gasteiger charge is 2.29. The van der Waals surface area contributed by atoms with Gasteiger partial charge >= 0.3 is 5.97 Å². The summed E-state index contributed by atoms with van der Waals surface area (Å²) in [5, 5.41) is 9.23. The van der Waals surface area contributed by atoms with Crippen molar-refractivity contribution in [3.63, 3.8) is 0 Å². The first-order chi connectivity index (χ1) is 17.7. The number of carboxylic acids is 1. The zero-order valence-electron chi connectivity index (χ0n) is 21.2. The van der Waals surface area contributed by atoms with Crippen LogP contribution in [-0.4, -0.2) is 32.0 Å². The van der Waals surface area contributed by atoms with Crippen LogP contribution in [0.2, 0.25) is 0 Å². The van der Waals surface area contributed by atoms with Crippen LogP contribution in [0.15, 0.2) is 91.1 Å². The molecule has 6 nitrogen and oxygen atoms in total. The summed E-state index contributed by atoms with van der Waals surface area (Å²) >= 11 is 0. The summed E-state index contributed by atoms with van der Waals surface area (Å²) < 4.78 is 7.47. The number of carboxylic acid groups (broad SMARTS) is 1. The number of aliphatic carboxylic acids is 1. The summed E-state index contributed by atoms with van der Waals surface area (Å²) in [6.45, 7) is 5.62. The summed E-state index contributed by atoms with van der Waals surface area (Å²) in [7, 11) is 0. The van der Waals surface area contributed by atoms with Crippen molar-refractivity contribution in [1.82, 2.24) is 9.55 Å². The van der Waals surface area contributed by atoms with E-state index < -0.39 is 11.6 Å². The highest BCUT2D eigenvalue weighted by Crippen LogP contribution is 2.22. The first kappa shape index (κ1) is 25.6. The zero-order valence-corrected chi connectivity index (χ0v) is 21.2.